The number of pyridine rings is 1. The van der Waals surface area contributed by atoms with E-state index in [-0.39, 0.29) is 6.03 Å². The van der Waals surface area contributed by atoms with E-state index in [0.717, 1.165) is 15.7 Å². The fourth-order valence-electron chi connectivity index (χ4n) is 3.44. The molecular formula is C27H32BrN5O. The molecule has 6 nitrogen and oxygen atoms in total. The van der Waals surface area contributed by atoms with Gasteiger partial charge in [-0.25, -0.2) is 4.79 Å². The van der Waals surface area contributed by atoms with Gasteiger partial charge in [-0.15, -0.1) is 0 Å². The molecule has 2 aromatic rings. The first-order valence-electron chi connectivity index (χ1n) is 11.4. The van der Waals surface area contributed by atoms with E-state index < -0.39 is 0 Å². The van der Waals surface area contributed by atoms with Crippen molar-refractivity contribution < 1.29 is 4.79 Å². The zero-order chi connectivity index (χ0) is 24.3. The second-order valence-electron chi connectivity index (χ2n) is 8.16. The standard InChI is InChI=1S/C14H16BrN3O.C13H16N2/c1-10-8-11(6-7-16-10)9-17-14(19)18-13-4-2-12(15)3-5-13;1-10(11-5-6-11)13(9-14-2)12-4-3-7-15-8-12/h2-8,10,16H,9H2,1H3,(H2,17,18,19);3-4,7-9,14H,5-6H2,1-2H3/b;13-9+. The maximum Gasteiger partial charge on any atom is 0.319 e. The number of hydrogen-bond donors (Lipinski definition) is 4. The lowest BCUT2D eigenvalue weighted by Crippen LogP contribution is -2.31. The Morgan fingerprint density at radius 3 is 2.62 bits per heavy atom. The summed E-state index contributed by atoms with van der Waals surface area (Å²) in [5.74, 6) is 0. The predicted octanol–water partition coefficient (Wildman–Crippen LogP) is 5.75. The van der Waals surface area contributed by atoms with Crippen LogP contribution in [0, 0.1) is 0 Å². The van der Waals surface area contributed by atoms with Crippen LogP contribution in [0.2, 0.25) is 0 Å². The van der Waals surface area contributed by atoms with Crippen molar-refractivity contribution in [3.05, 3.63) is 100 Å². The largest absolute Gasteiger partial charge is 0.393 e. The van der Waals surface area contributed by atoms with Gasteiger partial charge in [-0.2, -0.15) is 0 Å². The Labute approximate surface area is 210 Å². The number of benzene rings is 1. The van der Waals surface area contributed by atoms with E-state index in [0.29, 0.717) is 12.6 Å². The van der Waals surface area contributed by atoms with Gasteiger partial charge in [0.15, 0.2) is 0 Å². The first kappa shape index (κ1) is 25.3. The van der Waals surface area contributed by atoms with Gasteiger partial charge in [0.1, 0.15) is 0 Å². The third-order valence-corrected chi connectivity index (χ3v) is 5.90. The van der Waals surface area contributed by atoms with Crippen LogP contribution in [0.4, 0.5) is 10.5 Å². The number of amides is 2. The maximum absolute atomic E-state index is 11.7. The van der Waals surface area contributed by atoms with Crippen LogP contribution in [-0.2, 0) is 0 Å². The second-order valence-corrected chi connectivity index (χ2v) is 9.08. The number of halogens is 1. The van der Waals surface area contributed by atoms with Crippen molar-refractivity contribution in [2.24, 2.45) is 0 Å². The van der Waals surface area contributed by atoms with Gasteiger partial charge in [0.2, 0.25) is 0 Å². The van der Waals surface area contributed by atoms with Crippen LogP contribution in [0.15, 0.2) is 94.5 Å². The number of rotatable bonds is 6. The quantitative estimate of drug-likeness (QED) is 0.390. The predicted molar refractivity (Wildman–Crippen MR) is 144 cm³/mol. The Morgan fingerprint density at radius 2 is 2.00 bits per heavy atom. The van der Waals surface area contributed by atoms with Gasteiger partial charge >= 0.3 is 6.03 Å². The Balaban J connectivity index is 0.000000196. The number of anilines is 1. The summed E-state index contributed by atoms with van der Waals surface area (Å²) >= 11 is 3.35. The van der Waals surface area contributed by atoms with Crippen molar-refractivity contribution in [2.45, 2.75) is 32.7 Å². The third-order valence-electron chi connectivity index (χ3n) is 5.37. The monoisotopic (exact) mass is 521 g/mol. The number of carbonyl (C=O) groups excluding carboxylic acids is 1. The molecule has 34 heavy (non-hydrogen) atoms. The highest BCUT2D eigenvalue weighted by Crippen LogP contribution is 2.37. The fraction of sp³-hybridized carbons (Fsp3) is 0.259. The number of nitrogens with one attached hydrogen (secondary N) is 4. The van der Waals surface area contributed by atoms with Crippen LogP contribution in [0.5, 0.6) is 0 Å². The van der Waals surface area contributed by atoms with E-state index >= 15 is 0 Å². The first-order valence-corrected chi connectivity index (χ1v) is 12.2. The number of aromatic nitrogens is 1. The molecule has 1 saturated carbocycles. The van der Waals surface area contributed by atoms with Gasteiger partial charge < -0.3 is 21.3 Å². The molecular weight excluding hydrogens is 490 g/mol. The Hall–Kier alpha value is -3.32. The zero-order valence-corrected chi connectivity index (χ0v) is 21.4. The molecule has 0 radical (unpaired) electrons. The highest BCUT2D eigenvalue weighted by Gasteiger charge is 2.17. The van der Waals surface area contributed by atoms with Crippen molar-refractivity contribution in [2.75, 3.05) is 18.9 Å². The van der Waals surface area contributed by atoms with Crippen LogP contribution >= 0.6 is 15.9 Å². The van der Waals surface area contributed by atoms with Crippen LogP contribution < -0.4 is 21.3 Å². The molecule has 4 N–H and O–H groups in total. The van der Waals surface area contributed by atoms with E-state index in [1.807, 2.05) is 55.9 Å². The summed E-state index contributed by atoms with van der Waals surface area (Å²) in [6.45, 7) is 4.77. The summed E-state index contributed by atoms with van der Waals surface area (Å²) in [6, 6.07) is 11.6. The third kappa shape index (κ3) is 8.23. The van der Waals surface area contributed by atoms with Crippen molar-refractivity contribution in [3.63, 3.8) is 0 Å². The molecule has 0 bridgehead atoms. The Kier molecular flexibility index (Phi) is 9.52. The number of carbonyl (C=O) groups is 1. The molecule has 1 aromatic heterocycles. The van der Waals surface area contributed by atoms with Gasteiger partial charge in [-0.3, -0.25) is 4.98 Å². The van der Waals surface area contributed by atoms with Crippen molar-refractivity contribution in [1.29, 1.82) is 0 Å². The van der Waals surface area contributed by atoms with Gasteiger partial charge in [-0.05, 0) is 80.4 Å². The lowest BCUT2D eigenvalue weighted by molar-refractivity contribution is 0.253. The minimum Gasteiger partial charge on any atom is -0.393 e. The number of allylic oxidation sites excluding steroid dienone is 3. The Bertz CT molecular complexity index is 1080. The summed E-state index contributed by atoms with van der Waals surface area (Å²) in [5, 5.41) is 11.9. The molecule has 2 aliphatic rings. The van der Waals surface area contributed by atoms with Gasteiger partial charge in [0.05, 0.1) is 0 Å². The van der Waals surface area contributed by atoms with Crippen molar-refractivity contribution in [3.8, 4) is 0 Å². The highest BCUT2D eigenvalue weighted by molar-refractivity contribution is 9.10. The molecule has 0 saturated heterocycles. The number of dihydropyridines is 1. The molecule has 2 heterocycles. The first-order chi connectivity index (χ1) is 16.5. The molecule has 0 spiro atoms. The molecule has 178 valence electrons. The summed E-state index contributed by atoms with van der Waals surface area (Å²) in [5.41, 5.74) is 7.28. The molecule has 2 amide bonds. The molecule has 1 aromatic carbocycles. The summed E-state index contributed by atoms with van der Waals surface area (Å²) in [6.07, 6.45) is 14.2. The normalized spacial score (nSPS) is 16.4. The van der Waals surface area contributed by atoms with Crippen molar-refractivity contribution >= 4 is 33.2 Å². The lowest BCUT2D eigenvalue weighted by Gasteiger charge is -2.15. The SMILES string of the molecule is CC1C=C(CNC(=O)Nc2ccc(Br)cc2)C=CN1.CN/C=C(\C(C)=C1CC1)c1cccnc1. The highest BCUT2D eigenvalue weighted by atomic mass is 79.9. The minimum atomic E-state index is -0.206. The Morgan fingerprint density at radius 1 is 1.24 bits per heavy atom. The molecule has 1 fully saturated rings. The summed E-state index contributed by atoms with van der Waals surface area (Å²) in [4.78, 5) is 15.9. The van der Waals surface area contributed by atoms with Crippen LogP contribution in [0.3, 0.4) is 0 Å². The van der Waals surface area contributed by atoms with Crippen LogP contribution in [-0.4, -0.2) is 30.6 Å². The van der Waals surface area contributed by atoms with Gasteiger partial charge in [0, 0.05) is 59.5 Å². The second kappa shape index (κ2) is 12.8. The molecule has 7 heteroatoms. The zero-order valence-electron chi connectivity index (χ0n) is 19.9. The van der Waals surface area contributed by atoms with Crippen LogP contribution in [0.25, 0.3) is 5.57 Å². The molecule has 4 rings (SSSR count). The molecule has 1 aliphatic heterocycles. The molecule has 1 atom stereocenters. The van der Waals surface area contributed by atoms with E-state index in [2.05, 4.69) is 74.4 Å². The minimum absolute atomic E-state index is 0.206. The average molecular weight is 522 g/mol. The van der Waals surface area contributed by atoms with Gasteiger partial charge in [-0.1, -0.05) is 33.6 Å². The van der Waals surface area contributed by atoms with Gasteiger partial charge in [0.25, 0.3) is 0 Å². The topological polar surface area (TPSA) is 78.1 Å². The number of urea groups is 1. The van der Waals surface area contributed by atoms with Crippen LogP contribution in [0.1, 0.15) is 32.3 Å². The number of nitrogens with zero attached hydrogens (tertiary/aromatic N) is 1. The molecule has 1 unspecified atom stereocenters. The van der Waals surface area contributed by atoms with E-state index in [9.17, 15) is 4.79 Å². The summed E-state index contributed by atoms with van der Waals surface area (Å²) < 4.78 is 0.984. The van der Waals surface area contributed by atoms with E-state index in [1.54, 1.807) is 11.8 Å². The fourth-order valence-corrected chi connectivity index (χ4v) is 3.71. The lowest BCUT2D eigenvalue weighted by atomic mass is 10.0. The average Bonchev–Trinajstić information content (AvgIpc) is 3.69. The molecule has 1 aliphatic carbocycles. The summed E-state index contributed by atoms with van der Waals surface area (Å²) in [7, 11) is 1.93. The van der Waals surface area contributed by atoms with E-state index in [1.165, 1.54) is 29.6 Å². The van der Waals surface area contributed by atoms with E-state index in [4.69, 9.17) is 0 Å². The maximum atomic E-state index is 11.7. The smallest absolute Gasteiger partial charge is 0.319 e. The number of hydrogen-bond acceptors (Lipinski definition) is 4. The van der Waals surface area contributed by atoms with Crippen molar-refractivity contribution in [1.82, 2.24) is 20.9 Å².